The quantitative estimate of drug-likeness (QED) is 0.595. The van der Waals surface area contributed by atoms with E-state index in [-0.39, 0.29) is 25.7 Å². The zero-order valence-electron chi connectivity index (χ0n) is 17.8. The van der Waals surface area contributed by atoms with Crippen molar-refractivity contribution < 1.29 is 14.3 Å². The van der Waals surface area contributed by atoms with Crippen LogP contribution in [-0.4, -0.2) is 34.8 Å². The number of hydrogen-bond donors (Lipinski definition) is 1. The standard InChI is InChI=1S/C23H26N4O3S.CH4/c1-3-17(30-4-2)7-8-21(28)26-23-19(13-24)18-9-11-27(15-20(18)31-23)22(29)12-16-6-5-10-25-14-16;/h3,5-6,10,14H,4,7-9,11-12,15H2,1-2H3,(H,26,28);1H4/b17-3-;. The molecule has 0 bridgehead atoms. The van der Waals surface area contributed by atoms with Crippen LogP contribution in [0.15, 0.2) is 36.4 Å². The number of hydrogen-bond acceptors (Lipinski definition) is 6. The van der Waals surface area contributed by atoms with Gasteiger partial charge >= 0.3 is 0 Å². The number of nitriles is 1. The lowest BCUT2D eigenvalue weighted by molar-refractivity contribution is -0.131. The monoisotopic (exact) mass is 454 g/mol. The van der Waals surface area contributed by atoms with Gasteiger partial charge in [0.1, 0.15) is 11.1 Å². The Labute approximate surface area is 193 Å². The summed E-state index contributed by atoms with van der Waals surface area (Å²) in [5.74, 6) is 0.663. The van der Waals surface area contributed by atoms with Crippen LogP contribution >= 0.6 is 11.3 Å². The van der Waals surface area contributed by atoms with Crippen LogP contribution in [0.1, 0.15) is 55.7 Å². The smallest absolute Gasteiger partial charge is 0.227 e. The Morgan fingerprint density at radius 2 is 2.22 bits per heavy atom. The Morgan fingerprint density at radius 1 is 1.41 bits per heavy atom. The topological polar surface area (TPSA) is 95.3 Å². The number of carbonyl (C=O) groups is 2. The van der Waals surface area contributed by atoms with Gasteiger partial charge in [0.2, 0.25) is 11.8 Å². The molecule has 1 aliphatic heterocycles. The Morgan fingerprint density at radius 3 is 2.88 bits per heavy atom. The number of thiophene rings is 1. The predicted octanol–water partition coefficient (Wildman–Crippen LogP) is 4.44. The third kappa shape index (κ3) is 6.17. The number of aromatic nitrogens is 1. The fraction of sp³-hybridized carbons (Fsp3) is 0.417. The van der Waals surface area contributed by atoms with Crippen LogP contribution in [0.5, 0.6) is 0 Å². The van der Waals surface area contributed by atoms with Gasteiger partial charge in [-0.3, -0.25) is 14.6 Å². The number of fused-ring (bicyclic) bond motifs is 1. The van der Waals surface area contributed by atoms with Gasteiger partial charge in [0.25, 0.3) is 0 Å². The van der Waals surface area contributed by atoms with Gasteiger partial charge in [-0.05, 0) is 43.5 Å². The van der Waals surface area contributed by atoms with Gasteiger partial charge in [-0.1, -0.05) is 13.5 Å². The first kappa shape index (κ1) is 25.1. The highest BCUT2D eigenvalue weighted by Gasteiger charge is 2.27. The van der Waals surface area contributed by atoms with E-state index in [0.29, 0.717) is 49.5 Å². The summed E-state index contributed by atoms with van der Waals surface area (Å²) in [7, 11) is 0. The molecule has 2 aromatic rings. The normalized spacial score (nSPS) is 12.9. The van der Waals surface area contributed by atoms with Crippen LogP contribution in [0.4, 0.5) is 5.00 Å². The summed E-state index contributed by atoms with van der Waals surface area (Å²) in [5.41, 5.74) is 2.34. The van der Waals surface area contributed by atoms with E-state index in [2.05, 4.69) is 16.4 Å². The lowest BCUT2D eigenvalue weighted by Gasteiger charge is -2.27. The molecule has 0 spiro atoms. The number of nitrogens with zero attached hydrogens (tertiary/aromatic N) is 3. The number of pyridine rings is 1. The molecule has 0 atom stereocenters. The third-order valence-corrected chi connectivity index (χ3v) is 6.23. The van der Waals surface area contributed by atoms with Gasteiger partial charge in [-0.25, -0.2) is 0 Å². The molecule has 1 aliphatic rings. The van der Waals surface area contributed by atoms with Crippen molar-refractivity contribution in [2.45, 2.75) is 53.5 Å². The maximum Gasteiger partial charge on any atom is 0.227 e. The van der Waals surface area contributed by atoms with Gasteiger partial charge in [-0.2, -0.15) is 5.26 Å². The highest BCUT2D eigenvalue weighted by molar-refractivity contribution is 7.16. The number of allylic oxidation sites excluding steroid dienone is 2. The van der Waals surface area contributed by atoms with Crippen LogP contribution in [0.2, 0.25) is 0 Å². The number of rotatable bonds is 8. The largest absolute Gasteiger partial charge is 0.499 e. The molecule has 170 valence electrons. The van der Waals surface area contributed by atoms with Gasteiger partial charge in [-0.15, -0.1) is 11.3 Å². The molecule has 8 heteroatoms. The van der Waals surface area contributed by atoms with Crippen LogP contribution in [0, 0.1) is 11.3 Å². The van der Waals surface area contributed by atoms with Gasteiger partial charge in [0.15, 0.2) is 0 Å². The molecule has 0 unspecified atom stereocenters. The van der Waals surface area contributed by atoms with Crippen molar-refractivity contribution in [3.63, 3.8) is 0 Å². The molecule has 2 amide bonds. The Bertz CT molecular complexity index is 1010. The number of nitrogens with one attached hydrogen (secondary N) is 1. The Kier molecular flexibility index (Phi) is 9.41. The average Bonchev–Trinajstić information content (AvgIpc) is 3.13. The Balaban J connectivity index is 0.00000363. The van der Waals surface area contributed by atoms with Crippen molar-refractivity contribution in [1.29, 1.82) is 5.26 Å². The van der Waals surface area contributed by atoms with E-state index in [1.807, 2.05) is 32.1 Å². The fourth-order valence-corrected chi connectivity index (χ4v) is 4.75. The van der Waals surface area contributed by atoms with Gasteiger partial charge < -0.3 is 15.0 Å². The number of anilines is 1. The molecule has 0 aromatic carbocycles. The lowest BCUT2D eigenvalue weighted by Crippen LogP contribution is -2.36. The lowest BCUT2D eigenvalue weighted by atomic mass is 10.0. The SMILES string of the molecule is C.C/C=C(/CCC(=O)Nc1sc2c(c1C#N)CCN(C(=O)Cc1cccnc1)C2)OCC. The molecule has 3 heterocycles. The second-order valence-electron chi connectivity index (χ2n) is 7.16. The Hall–Kier alpha value is -3.18. The van der Waals surface area contributed by atoms with Gasteiger partial charge in [0.05, 0.1) is 30.9 Å². The van der Waals surface area contributed by atoms with E-state index in [1.165, 1.54) is 11.3 Å². The maximum atomic E-state index is 12.7. The van der Waals surface area contributed by atoms with Crippen molar-refractivity contribution >= 4 is 28.2 Å². The maximum absolute atomic E-state index is 12.7. The highest BCUT2D eigenvalue weighted by atomic mass is 32.1. The van der Waals surface area contributed by atoms with Crippen molar-refractivity contribution in [1.82, 2.24) is 9.88 Å². The molecule has 1 N–H and O–H groups in total. The van der Waals surface area contributed by atoms with Crippen LogP contribution < -0.4 is 5.32 Å². The van der Waals surface area contributed by atoms with E-state index in [9.17, 15) is 14.9 Å². The van der Waals surface area contributed by atoms with Crippen molar-refractivity contribution in [2.24, 2.45) is 0 Å². The minimum Gasteiger partial charge on any atom is -0.499 e. The van der Waals surface area contributed by atoms with Crippen molar-refractivity contribution in [2.75, 3.05) is 18.5 Å². The molecule has 7 nitrogen and oxygen atoms in total. The summed E-state index contributed by atoms with van der Waals surface area (Å²) >= 11 is 1.39. The molecule has 0 saturated heterocycles. The molecule has 0 aliphatic carbocycles. The average molecular weight is 455 g/mol. The van der Waals surface area contributed by atoms with Crippen LogP contribution in [0.3, 0.4) is 0 Å². The minimum atomic E-state index is -0.154. The second-order valence-corrected chi connectivity index (χ2v) is 8.26. The molecule has 0 saturated carbocycles. The summed E-state index contributed by atoms with van der Waals surface area (Å²) in [6, 6.07) is 5.94. The molecular weight excluding hydrogens is 424 g/mol. The number of amides is 2. The van der Waals surface area contributed by atoms with E-state index >= 15 is 0 Å². The summed E-state index contributed by atoms with van der Waals surface area (Å²) < 4.78 is 5.47. The molecule has 0 fully saturated rings. The fourth-order valence-electron chi connectivity index (χ4n) is 3.52. The zero-order valence-corrected chi connectivity index (χ0v) is 18.6. The van der Waals surface area contributed by atoms with Gasteiger partial charge in [0, 0.05) is 36.7 Å². The highest BCUT2D eigenvalue weighted by Crippen LogP contribution is 2.37. The summed E-state index contributed by atoms with van der Waals surface area (Å²) in [6.45, 7) is 5.36. The first-order valence-electron chi connectivity index (χ1n) is 10.3. The predicted molar refractivity (Wildman–Crippen MR) is 126 cm³/mol. The molecular formula is C24H30N4O3S. The molecule has 3 rings (SSSR count). The van der Waals surface area contributed by atoms with Crippen molar-refractivity contribution in [3.8, 4) is 6.07 Å². The third-order valence-electron chi connectivity index (χ3n) is 5.10. The van der Waals surface area contributed by atoms with Crippen molar-refractivity contribution in [3.05, 3.63) is 57.9 Å². The van der Waals surface area contributed by atoms with E-state index in [0.717, 1.165) is 21.8 Å². The first-order valence-corrected chi connectivity index (χ1v) is 11.2. The van der Waals surface area contributed by atoms with E-state index in [4.69, 9.17) is 4.74 Å². The van der Waals surface area contributed by atoms with E-state index in [1.54, 1.807) is 17.3 Å². The molecule has 0 radical (unpaired) electrons. The summed E-state index contributed by atoms with van der Waals surface area (Å²) in [4.78, 5) is 31.9. The zero-order chi connectivity index (χ0) is 22.2. The number of ether oxygens (including phenoxy) is 1. The molecule has 32 heavy (non-hydrogen) atoms. The first-order chi connectivity index (χ1) is 15.0. The van der Waals surface area contributed by atoms with Crippen LogP contribution in [-0.2, 0) is 33.7 Å². The molecule has 2 aromatic heterocycles. The second kappa shape index (κ2) is 12.0. The van der Waals surface area contributed by atoms with E-state index < -0.39 is 0 Å². The number of carbonyl (C=O) groups excluding carboxylic acids is 2. The summed E-state index contributed by atoms with van der Waals surface area (Å²) in [5, 5.41) is 13.1. The minimum absolute atomic E-state index is 0. The summed E-state index contributed by atoms with van der Waals surface area (Å²) in [6.07, 6.45) is 6.95. The van der Waals surface area contributed by atoms with Crippen LogP contribution in [0.25, 0.3) is 0 Å².